The summed E-state index contributed by atoms with van der Waals surface area (Å²) < 4.78 is 0. The highest BCUT2D eigenvalue weighted by atomic mass is 35.5. The predicted octanol–water partition coefficient (Wildman–Crippen LogP) is 3.37. The molecule has 1 amide bonds. The Bertz CT molecular complexity index is 638. The summed E-state index contributed by atoms with van der Waals surface area (Å²) in [4.78, 5) is 16.2. The zero-order valence-electron chi connectivity index (χ0n) is 12.1. The third-order valence-electron chi connectivity index (χ3n) is 2.96. The third-order valence-corrected chi connectivity index (χ3v) is 3.28. The molecule has 0 saturated carbocycles. The molecule has 21 heavy (non-hydrogen) atoms. The van der Waals surface area contributed by atoms with Crippen LogP contribution in [0.3, 0.4) is 0 Å². The molecular weight excluding hydrogens is 286 g/mol. The van der Waals surface area contributed by atoms with Crippen LogP contribution in [-0.2, 0) is 0 Å². The molecule has 0 spiro atoms. The summed E-state index contributed by atoms with van der Waals surface area (Å²) >= 11 is 6.26. The van der Waals surface area contributed by atoms with Gasteiger partial charge in [0.05, 0.1) is 22.6 Å². The van der Waals surface area contributed by atoms with Gasteiger partial charge >= 0.3 is 0 Å². The molecule has 2 rings (SSSR count). The number of halogens is 1. The van der Waals surface area contributed by atoms with Crippen molar-refractivity contribution in [1.29, 1.82) is 0 Å². The van der Waals surface area contributed by atoms with E-state index in [1.807, 2.05) is 13.8 Å². The van der Waals surface area contributed by atoms with Crippen LogP contribution in [0.2, 0.25) is 5.02 Å². The van der Waals surface area contributed by atoms with Crippen LogP contribution in [0.4, 0.5) is 5.69 Å². The maximum absolute atomic E-state index is 12.0. The first-order valence-electron chi connectivity index (χ1n) is 6.77. The largest absolute Gasteiger partial charge is 0.397 e. The van der Waals surface area contributed by atoms with Gasteiger partial charge in [0.2, 0.25) is 0 Å². The van der Waals surface area contributed by atoms with E-state index in [2.05, 4.69) is 10.3 Å². The molecule has 0 aliphatic heterocycles. The number of hydrogen-bond donors (Lipinski definition) is 2. The Hall–Kier alpha value is -2.07. The number of amides is 1. The van der Waals surface area contributed by atoms with Gasteiger partial charge in [-0.1, -0.05) is 31.5 Å². The van der Waals surface area contributed by atoms with Gasteiger partial charge in [0, 0.05) is 17.7 Å². The monoisotopic (exact) mass is 303 g/mol. The average molecular weight is 304 g/mol. The van der Waals surface area contributed by atoms with E-state index in [4.69, 9.17) is 17.3 Å². The van der Waals surface area contributed by atoms with E-state index in [1.54, 1.807) is 36.5 Å². The topological polar surface area (TPSA) is 68.0 Å². The Morgan fingerprint density at radius 2 is 2.10 bits per heavy atom. The lowest BCUT2D eigenvalue weighted by molar-refractivity contribution is 0.0949. The summed E-state index contributed by atoms with van der Waals surface area (Å²) in [6.45, 7) is 4.73. The molecule has 0 atom stereocenters. The molecule has 4 nitrogen and oxygen atoms in total. The molecule has 1 aromatic carbocycles. The van der Waals surface area contributed by atoms with E-state index in [-0.39, 0.29) is 5.91 Å². The van der Waals surface area contributed by atoms with Crippen molar-refractivity contribution in [3.63, 3.8) is 0 Å². The van der Waals surface area contributed by atoms with Crippen LogP contribution >= 0.6 is 11.6 Å². The first kappa shape index (κ1) is 15.3. The summed E-state index contributed by atoms with van der Waals surface area (Å²) in [5, 5.41) is 3.35. The fourth-order valence-electron chi connectivity index (χ4n) is 1.83. The number of rotatable bonds is 4. The number of aromatic nitrogens is 1. The van der Waals surface area contributed by atoms with Crippen molar-refractivity contribution in [2.45, 2.75) is 13.8 Å². The number of hydrogen-bond acceptors (Lipinski definition) is 3. The van der Waals surface area contributed by atoms with Crippen LogP contribution in [-0.4, -0.2) is 17.4 Å². The predicted molar refractivity (Wildman–Crippen MR) is 86.3 cm³/mol. The van der Waals surface area contributed by atoms with Crippen LogP contribution in [0.5, 0.6) is 0 Å². The molecule has 1 aromatic heterocycles. The number of nitrogen functional groups attached to an aromatic ring is 1. The number of anilines is 1. The van der Waals surface area contributed by atoms with Gasteiger partial charge in [-0.3, -0.25) is 9.78 Å². The Morgan fingerprint density at radius 1 is 1.33 bits per heavy atom. The quantitative estimate of drug-likeness (QED) is 0.910. The van der Waals surface area contributed by atoms with Crippen LogP contribution in [0, 0.1) is 5.92 Å². The normalized spacial score (nSPS) is 10.7. The van der Waals surface area contributed by atoms with Crippen LogP contribution in [0.25, 0.3) is 11.3 Å². The minimum absolute atomic E-state index is 0.123. The number of nitrogens with zero attached hydrogens (tertiary/aromatic N) is 1. The Kier molecular flexibility index (Phi) is 4.81. The first-order chi connectivity index (χ1) is 9.97. The van der Waals surface area contributed by atoms with Crippen molar-refractivity contribution in [1.82, 2.24) is 10.3 Å². The van der Waals surface area contributed by atoms with Crippen molar-refractivity contribution in [2.24, 2.45) is 5.92 Å². The fraction of sp³-hybridized carbons (Fsp3) is 0.250. The second kappa shape index (κ2) is 6.59. The second-order valence-electron chi connectivity index (χ2n) is 5.28. The lowest BCUT2D eigenvalue weighted by atomic mass is 10.1. The van der Waals surface area contributed by atoms with Gasteiger partial charge in [-0.05, 0) is 30.2 Å². The Balaban J connectivity index is 2.21. The summed E-state index contributed by atoms with van der Waals surface area (Å²) in [6, 6.07) is 8.77. The summed E-state index contributed by atoms with van der Waals surface area (Å²) in [7, 11) is 0. The van der Waals surface area contributed by atoms with Gasteiger partial charge < -0.3 is 11.1 Å². The van der Waals surface area contributed by atoms with E-state index in [9.17, 15) is 4.79 Å². The Morgan fingerprint density at radius 3 is 2.67 bits per heavy atom. The van der Waals surface area contributed by atoms with Crippen molar-refractivity contribution in [2.75, 3.05) is 12.3 Å². The molecule has 5 heteroatoms. The second-order valence-corrected chi connectivity index (χ2v) is 5.68. The molecule has 0 saturated heterocycles. The van der Waals surface area contributed by atoms with Crippen LogP contribution < -0.4 is 11.1 Å². The van der Waals surface area contributed by atoms with Gasteiger partial charge in [0.25, 0.3) is 5.91 Å². The minimum atomic E-state index is -0.123. The highest BCUT2D eigenvalue weighted by Gasteiger charge is 2.10. The zero-order chi connectivity index (χ0) is 15.4. The number of carbonyl (C=O) groups is 1. The van der Waals surface area contributed by atoms with Gasteiger partial charge in [0.1, 0.15) is 0 Å². The molecule has 0 fully saturated rings. The van der Waals surface area contributed by atoms with Crippen LogP contribution in [0.15, 0.2) is 36.5 Å². The van der Waals surface area contributed by atoms with Gasteiger partial charge in [0.15, 0.2) is 0 Å². The summed E-state index contributed by atoms with van der Waals surface area (Å²) in [5.74, 6) is 0.282. The zero-order valence-corrected chi connectivity index (χ0v) is 12.8. The molecule has 0 aliphatic rings. The average Bonchev–Trinajstić information content (AvgIpc) is 2.45. The molecule has 110 valence electrons. The number of benzene rings is 1. The highest BCUT2D eigenvalue weighted by Crippen LogP contribution is 2.27. The van der Waals surface area contributed by atoms with Crippen molar-refractivity contribution in [3.8, 4) is 11.3 Å². The standard InChI is InChI=1S/C16H18ClN3O/c1-10(2)8-20-16(21)11-3-5-13(14(17)7-11)15-6-4-12(18)9-19-15/h3-7,9-10H,8,18H2,1-2H3,(H,20,21). The van der Waals surface area contributed by atoms with E-state index in [0.717, 1.165) is 11.3 Å². The molecule has 2 aromatic rings. The maximum atomic E-state index is 12.0. The van der Waals surface area contributed by atoms with E-state index in [0.29, 0.717) is 28.7 Å². The van der Waals surface area contributed by atoms with Gasteiger partial charge in [-0.2, -0.15) is 0 Å². The van der Waals surface area contributed by atoms with E-state index < -0.39 is 0 Å². The third kappa shape index (κ3) is 3.95. The van der Waals surface area contributed by atoms with Crippen molar-refractivity contribution in [3.05, 3.63) is 47.1 Å². The van der Waals surface area contributed by atoms with E-state index >= 15 is 0 Å². The number of carbonyl (C=O) groups excluding carboxylic acids is 1. The minimum Gasteiger partial charge on any atom is -0.397 e. The SMILES string of the molecule is CC(C)CNC(=O)c1ccc(-c2ccc(N)cn2)c(Cl)c1. The van der Waals surface area contributed by atoms with Crippen molar-refractivity contribution < 1.29 is 4.79 Å². The summed E-state index contributed by atoms with van der Waals surface area (Å²) in [5.41, 5.74) is 8.25. The first-order valence-corrected chi connectivity index (χ1v) is 7.15. The molecule has 0 radical (unpaired) electrons. The van der Waals surface area contributed by atoms with E-state index in [1.165, 1.54) is 0 Å². The summed E-state index contributed by atoms with van der Waals surface area (Å²) in [6.07, 6.45) is 1.58. The molecule has 3 N–H and O–H groups in total. The molecular formula is C16H18ClN3O. The lowest BCUT2D eigenvalue weighted by Gasteiger charge is -2.09. The molecule has 0 unspecified atom stereocenters. The Labute approximate surface area is 129 Å². The molecule has 1 heterocycles. The lowest BCUT2D eigenvalue weighted by Crippen LogP contribution is -2.27. The van der Waals surface area contributed by atoms with Gasteiger partial charge in [-0.25, -0.2) is 0 Å². The van der Waals surface area contributed by atoms with Gasteiger partial charge in [-0.15, -0.1) is 0 Å². The number of pyridine rings is 1. The fourth-order valence-corrected chi connectivity index (χ4v) is 2.10. The molecule has 0 bridgehead atoms. The van der Waals surface area contributed by atoms with Crippen LogP contribution in [0.1, 0.15) is 24.2 Å². The smallest absolute Gasteiger partial charge is 0.251 e. The van der Waals surface area contributed by atoms with Crippen molar-refractivity contribution >= 4 is 23.2 Å². The number of nitrogens with two attached hydrogens (primary N) is 1. The maximum Gasteiger partial charge on any atom is 0.251 e. The highest BCUT2D eigenvalue weighted by molar-refractivity contribution is 6.33. The number of nitrogens with one attached hydrogen (secondary N) is 1. The molecule has 0 aliphatic carbocycles.